The lowest BCUT2D eigenvalue weighted by molar-refractivity contribution is -0.143. The number of amides is 1. The number of esters is 1. The van der Waals surface area contributed by atoms with E-state index in [0.717, 1.165) is 17.5 Å². The predicted octanol–water partition coefficient (Wildman–Crippen LogP) is 2.58. The van der Waals surface area contributed by atoms with Crippen molar-refractivity contribution < 1.29 is 14.3 Å². The number of benzene rings is 1. The molecule has 6 nitrogen and oxygen atoms in total. The molecule has 6 heteroatoms. The van der Waals surface area contributed by atoms with Crippen LogP contribution in [0.2, 0.25) is 0 Å². The van der Waals surface area contributed by atoms with Gasteiger partial charge in [-0.1, -0.05) is 19.1 Å². The van der Waals surface area contributed by atoms with E-state index in [9.17, 15) is 9.59 Å². The smallest absolute Gasteiger partial charge is 0.326 e. The van der Waals surface area contributed by atoms with Crippen LogP contribution < -0.4 is 5.32 Å². The van der Waals surface area contributed by atoms with Gasteiger partial charge in [0.15, 0.2) is 0 Å². The minimum absolute atomic E-state index is 0.0188. The molecule has 23 heavy (non-hydrogen) atoms. The maximum atomic E-state index is 11.9. The summed E-state index contributed by atoms with van der Waals surface area (Å²) in [4.78, 5) is 28.3. The quantitative estimate of drug-likeness (QED) is 0.797. The zero-order valence-corrected chi connectivity index (χ0v) is 13.8. The van der Waals surface area contributed by atoms with Gasteiger partial charge in [-0.2, -0.15) is 0 Å². The van der Waals surface area contributed by atoms with Crippen molar-refractivity contribution in [3.05, 3.63) is 30.1 Å². The normalized spacial score (nSPS) is 12.1. The van der Waals surface area contributed by atoms with Gasteiger partial charge in [0.05, 0.1) is 23.7 Å². The van der Waals surface area contributed by atoms with E-state index in [1.165, 1.54) is 0 Å². The highest BCUT2D eigenvalue weighted by Crippen LogP contribution is 2.21. The average molecular weight is 317 g/mol. The third-order valence-corrected chi connectivity index (χ3v) is 3.52. The van der Waals surface area contributed by atoms with Crippen molar-refractivity contribution in [1.82, 2.24) is 14.9 Å². The van der Waals surface area contributed by atoms with Crippen LogP contribution in [0.25, 0.3) is 11.0 Å². The first-order valence-corrected chi connectivity index (χ1v) is 7.97. The summed E-state index contributed by atoms with van der Waals surface area (Å²) in [5, 5.41) is 2.93. The number of nitrogens with one attached hydrogen (secondary N) is 1. The van der Waals surface area contributed by atoms with E-state index in [1.807, 2.05) is 42.7 Å². The molecule has 1 unspecified atom stereocenters. The topological polar surface area (TPSA) is 73.2 Å². The van der Waals surface area contributed by atoms with Gasteiger partial charge >= 0.3 is 5.97 Å². The standard InChI is InChI=1S/C17H23N3O3/c1-4-8-15(21)18-12(3)17-19-13-9-6-7-10-14(13)20(17)11-16(22)23-5-2/h6-7,9-10,12H,4-5,8,11H2,1-3H3,(H,18,21). The maximum Gasteiger partial charge on any atom is 0.326 e. The highest BCUT2D eigenvalue weighted by Gasteiger charge is 2.20. The van der Waals surface area contributed by atoms with Crippen molar-refractivity contribution in [2.24, 2.45) is 0 Å². The van der Waals surface area contributed by atoms with E-state index in [1.54, 1.807) is 6.92 Å². The number of fused-ring (bicyclic) bond motifs is 1. The fraction of sp³-hybridized carbons (Fsp3) is 0.471. The van der Waals surface area contributed by atoms with Crippen molar-refractivity contribution in [2.45, 2.75) is 46.2 Å². The van der Waals surface area contributed by atoms with Crippen molar-refractivity contribution >= 4 is 22.9 Å². The van der Waals surface area contributed by atoms with E-state index < -0.39 is 0 Å². The van der Waals surface area contributed by atoms with E-state index in [0.29, 0.717) is 18.9 Å². The van der Waals surface area contributed by atoms with E-state index in [4.69, 9.17) is 4.74 Å². The van der Waals surface area contributed by atoms with E-state index in [2.05, 4.69) is 10.3 Å². The molecule has 1 N–H and O–H groups in total. The monoisotopic (exact) mass is 317 g/mol. The molecule has 0 bridgehead atoms. The molecule has 0 saturated carbocycles. The van der Waals surface area contributed by atoms with Gasteiger partial charge in [-0.05, 0) is 32.4 Å². The molecule has 0 aliphatic rings. The lowest BCUT2D eigenvalue weighted by atomic mass is 10.2. The summed E-state index contributed by atoms with van der Waals surface area (Å²) >= 11 is 0. The molecule has 0 saturated heterocycles. The summed E-state index contributed by atoms with van der Waals surface area (Å²) in [5.74, 6) is 0.322. The van der Waals surface area contributed by atoms with Crippen molar-refractivity contribution in [2.75, 3.05) is 6.61 Å². The van der Waals surface area contributed by atoms with Gasteiger partial charge in [-0.3, -0.25) is 9.59 Å². The van der Waals surface area contributed by atoms with Crippen LogP contribution in [0.15, 0.2) is 24.3 Å². The number of aromatic nitrogens is 2. The summed E-state index contributed by atoms with van der Waals surface area (Å²) in [6.45, 7) is 6.02. The molecule has 0 aliphatic heterocycles. The molecule has 1 heterocycles. The Bertz CT molecular complexity index is 693. The Balaban J connectivity index is 2.33. The molecule has 1 atom stereocenters. The Morgan fingerprint density at radius 2 is 2.04 bits per heavy atom. The second-order valence-electron chi connectivity index (χ2n) is 5.39. The van der Waals surface area contributed by atoms with Crippen LogP contribution in [0.3, 0.4) is 0 Å². The first-order chi connectivity index (χ1) is 11.1. The molecular formula is C17H23N3O3. The summed E-state index contributed by atoms with van der Waals surface area (Å²) in [7, 11) is 0. The van der Waals surface area contributed by atoms with Crippen LogP contribution in [0.5, 0.6) is 0 Å². The van der Waals surface area contributed by atoms with Crippen LogP contribution in [-0.2, 0) is 20.9 Å². The summed E-state index contributed by atoms with van der Waals surface area (Å²) in [6.07, 6.45) is 1.26. The minimum Gasteiger partial charge on any atom is -0.465 e. The zero-order valence-electron chi connectivity index (χ0n) is 13.8. The Hall–Kier alpha value is -2.37. The van der Waals surface area contributed by atoms with Gasteiger partial charge in [0.2, 0.25) is 5.91 Å². The maximum absolute atomic E-state index is 11.9. The number of nitrogens with zero attached hydrogens (tertiary/aromatic N) is 2. The first-order valence-electron chi connectivity index (χ1n) is 7.97. The van der Waals surface area contributed by atoms with Gasteiger partial charge < -0.3 is 14.6 Å². The number of carbonyl (C=O) groups excluding carboxylic acids is 2. The fourth-order valence-corrected chi connectivity index (χ4v) is 2.53. The number of para-hydroxylation sites is 2. The second kappa shape index (κ2) is 7.76. The lowest BCUT2D eigenvalue weighted by Gasteiger charge is -2.15. The highest BCUT2D eigenvalue weighted by atomic mass is 16.5. The average Bonchev–Trinajstić information content (AvgIpc) is 2.87. The molecule has 1 aromatic carbocycles. The zero-order chi connectivity index (χ0) is 16.8. The first kappa shape index (κ1) is 17.0. The van der Waals surface area contributed by atoms with Crippen molar-refractivity contribution in [3.63, 3.8) is 0 Å². The van der Waals surface area contributed by atoms with Crippen LogP contribution in [0, 0.1) is 0 Å². The van der Waals surface area contributed by atoms with Gasteiger partial charge in [0.25, 0.3) is 0 Å². The SMILES string of the molecule is CCCC(=O)NC(C)c1nc2ccccc2n1CC(=O)OCC. The Labute approximate surface area is 135 Å². The third-order valence-electron chi connectivity index (χ3n) is 3.52. The molecule has 2 aromatic rings. The third kappa shape index (κ3) is 4.09. The van der Waals surface area contributed by atoms with E-state index in [-0.39, 0.29) is 24.5 Å². The molecule has 2 rings (SSSR count). The summed E-state index contributed by atoms with van der Waals surface area (Å²) in [5.41, 5.74) is 1.65. The molecule has 124 valence electrons. The number of imidazole rings is 1. The molecular weight excluding hydrogens is 294 g/mol. The number of rotatable bonds is 7. The molecule has 1 aromatic heterocycles. The molecule has 1 amide bonds. The molecule has 0 radical (unpaired) electrons. The number of hydrogen-bond acceptors (Lipinski definition) is 4. The predicted molar refractivity (Wildman–Crippen MR) is 87.8 cm³/mol. The van der Waals surface area contributed by atoms with Crippen molar-refractivity contribution in [1.29, 1.82) is 0 Å². The number of hydrogen-bond donors (Lipinski definition) is 1. The second-order valence-corrected chi connectivity index (χ2v) is 5.39. The lowest BCUT2D eigenvalue weighted by Crippen LogP contribution is -2.29. The van der Waals surface area contributed by atoms with Gasteiger partial charge in [0.1, 0.15) is 12.4 Å². The molecule has 0 fully saturated rings. The van der Waals surface area contributed by atoms with Crippen LogP contribution in [0.1, 0.15) is 45.5 Å². The van der Waals surface area contributed by atoms with Crippen LogP contribution >= 0.6 is 0 Å². The van der Waals surface area contributed by atoms with Crippen LogP contribution in [-0.4, -0.2) is 28.0 Å². The summed E-state index contributed by atoms with van der Waals surface area (Å²) < 4.78 is 6.85. The number of carbonyl (C=O) groups is 2. The Kier molecular flexibility index (Phi) is 5.73. The van der Waals surface area contributed by atoms with Crippen molar-refractivity contribution in [3.8, 4) is 0 Å². The summed E-state index contributed by atoms with van der Waals surface area (Å²) in [6, 6.07) is 7.31. The van der Waals surface area contributed by atoms with Gasteiger partial charge in [-0.15, -0.1) is 0 Å². The van der Waals surface area contributed by atoms with E-state index >= 15 is 0 Å². The fourth-order valence-electron chi connectivity index (χ4n) is 2.53. The Morgan fingerprint density at radius 1 is 1.30 bits per heavy atom. The minimum atomic E-state index is -0.316. The highest BCUT2D eigenvalue weighted by molar-refractivity contribution is 5.80. The molecule has 0 spiro atoms. The number of ether oxygens (including phenoxy) is 1. The van der Waals surface area contributed by atoms with Crippen LogP contribution in [0.4, 0.5) is 0 Å². The van der Waals surface area contributed by atoms with Gasteiger partial charge in [-0.25, -0.2) is 4.98 Å². The van der Waals surface area contributed by atoms with Gasteiger partial charge in [0, 0.05) is 6.42 Å². The Morgan fingerprint density at radius 3 is 2.74 bits per heavy atom. The largest absolute Gasteiger partial charge is 0.465 e. The molecule has 0 aliphatic carbocycles.